The average Bonchev–Trinajstić information content (AvgIpc) is 2.50. The molecule has 0 heterocycles. The van der Waals surface area contributed by atoms with Crippen molar-refractivity contribution in [3.8, 4) is 5.75 Å². The molecule has 0 radical (unpaired) electrons. The fourth-order valence-electron chi connectivity index (χ4n) is 2.98. The zero-order chi connectivity index (χ0) is 19.5. The minimum Gasteiger partial charge on any atom is -0.511 e. The number of aliphatic hydroxyl groups excluding tert-OH is 1. The maximum Gasteiger partial charge on any atom is 0.335 e. The Morgan fingerprint density at radius 2 is 2.00 bits per heavy atom. The van der Waals surface area contributed by atoms with E-state index in [-0.39, 0.29) is 34.7 Å². The van der Waals surface area contributed by atoms with Crippen LogP contribution >= 0.6 is 0 Å². The number of Topliss-reactive ketones (excluding diaryl/α,β-unsaturated/α-hetero) is 1. The van der Waals surface area contributed by atoms with Gasteiger partial charge < -0.3 is 20.7 Å². The molecule has 0 saturated heterocycles. The Bertz CT molecular complexity index is 793. The van der Waals surface area contributed by atoms with Crippen molar-refractivity contribution in [3.63, 3.8) is 0 Å². The number of rotatable bonds is 6. The molecule has 4 N–H and O–H groups in total. The van der Waals surface area contributed by atoms with E-state index in [1.165, 1.54) is 12.1 Å². The molecule has 0 aromatic heterocycles. The SMILES string of the molecule is CC(=Nc1cc(OCCN)cc(C(=O)O)c1)C1=C(O)CC(C)(C)CC1=O. The molecule has 1 aromatic carbocycles. The largest absolute Gasteiger partial charge is 0.511 e. The Labute approximate surface area is 152 Å². The van der Waals surface area contributed by atoms with Crippen molar-refractivity contribution in [1.29, 1.82) is 0 Å². The predicted molar refractivity (Wildman–Crippen MR) is 98.4 cm³/mol. The van der Waals surface area contributed by atoms with Crippen LogP contribution in [-0.2, 0) is 4.79 Å². The molecular formula is C19H24N2O5. The van der Waals surface area contributed by atoms with Gasteiger partial charge in [0.15, 0.2) is 5.78 Å². The van der Waals surface area contributed by atoms with Crippen LogP contribution in [0.15, 0.2) is 34.5 Å². The second-order valence-electron chi connectivity index (χ2n) is 7.12. The summed E-state index contributed by atoms with van der Waals surface area (Å²) in [6, 6.07) is 4.34. The summed E-state index contributed by atoms with van der Waals surface area (Å²) < 4.78 is 5.40. The Hall–Kier alpha value is -2.67. The summed E-state index contributed by atoms with van der Waals surface area (Å²) >= 11 is 0. The number of benzene rings is 1. The van der Waals surface area contributed by atoms with Crippen LogP contribution in [0.4, 0.5) is 5.69 Å². The third kappa shape index (κ3) is 4.70. The molecule has 140 valence electrons. The molecule has 26 heavy (non-hydrogen) atoms. The summed E-state index contributed by atoms with van der Waals surface area (Å²) in [6.45, 7) is 5.99. The highest BCUT2D eigenvalue weighted by molar-refractivity contribution is 6.23. The lowest BCUT2D eigenvalue weighted by Gasteiger charge is -2.29. The van der Waals surface area contributed by atoms with Crippen molar-refractivity contribution in [3.05, 3.63) is 35.1 Å². The molecule has 0 spiro atoms. The van der Waals surface area contributed by atoms with E-state index in [4.69, 9.17) is 10.5 Å². The van der Waals surface area contributed by atoms with E-state index in [2.05, 4.69) is 4.99 Å². The number of aliphatic imine (C=N–C) groups is 1. The monoisotopic (exact) mass is 360 g/mol. The van der Waals surface area contributed by atoms with Crippen LogP contribution in [0.3, 0.4) is 0 Å². The zero-order valence-corrected chi connectivity index (χ0v) is 15.2. The van der Waals surface area contributed by atoms with Gasteiger partial charge in [-0.15, -0.1) is 0 Å². The molecule has 0 unspecified atom stereocenters. The number of nitrogens with zero attached hydrogens (tertiary/aromatic N) is 1. The van der Waals surface area contributed by atoms with Gasteiger partial charge in [-0.25, -0.2) is 4.79 Å². The minimum atomic E-state index is -1.12. The first-order valence-corrected chi connectivity index (χ1v) is 8.35. The molecule has 0 saturated carbocycles. The number of carbonyl (C=O) groups is 2. The number of allylic oxidation sites excluding steroid dienone is 2. The van der Waals surface area contributed by atoms with E-state index >= 15 is 0 Å². The molecule has 1 aliphatic rings. The molecule has 2 rings (SSSR count). The van der Waals surface area contributed by atoms with Crippen LogP contribution in [-0.4, -0.2) is 40.8 Å². The van der Waals surface area contributed by atoms with Crippen LogP contribution < -0.4 is 10.5 Å². The number of nitrogens with two attached hydrogens (primary N) is 1. The third-order valence-corrected chi connectivity index (χ3v) is 4.04. The first-order valence-electron chi connectivity index (χ1n) is 8.35. The number of aliphatic hydroxyl groups is 1. The number of hydrogen-bond donors (Lipinski definition) is 3. The number of carboxylic acids is 1. The number of carbonyl (C=O) groups excluding carboxylic acids is 1. The van der Waals surface area contributed by atoms with Crippen LogP contribution in [0, 0.1) is 5.41 Å². The molecule has 1 aliphatic carbocycles. The molecule has 0 amide bonds. The first kappa shape index (κ1) is 19.7. The van der Waals surface area contributed by atoms with Crippen molar-refractivity contribution < 1.29 is 24.5 Å². The molecule has 7 nitrogen and oxygen atoms in total. The molecule has 0 bridgehead atoms. The van der Waals surface area contributed by atoms with Crippen molar-refractivity contribution in [1.82, 2.24) is 0 Å². The Kier molecular flexibility index (Phi) is 5.82. The first-order chi connectivity index (χ1) is 12.1. The summed E-state index contributed by atoms with van der Waals surface area (Å²) in [5.41, 5.74) is 6.00. The van der Waals surface area contributed by atoms with E-state index in [1.807, 2.05) is 13.8 Å². The molecular weight excluding hydrogens is 336 g/mol. The van der Waals surface area contributed by atoms with Crippen molar-refractivity contribution in [2.24, 2.45) is 16.1 Å². The smallest absolute Gasteiger partial charge is 0.335 e. The van der Waals surface area contributed by atoms with Gasteiger partial charge in [-0.2, -0.15) is 0 Å². The van der Waals surface area contributed by atoms with Gasteiger partial charge >= 0.3 is 5.97 Å². The summed E-state index contributed by atoms with van der Waals surface area (Å²) in [5.74, 6) is -0.943. The van der Waals surface area contributed by atoms with Crippen LogP contribution in [0.2, 0.25) is 0 Å². The molecule has 0 aliphatic heterocycles. The van der Waals surface area contributed by atoms with E-state index < -0.39 is 5.97 Å². The highest BCUT2D eigenvalue weighted by Gasteiger charge is 2.34. The topological polar surface area (TPSA) is 122 Å². The standard InChI is InChI=1S/C19H24N2O5/c1-11(17-15(22)9-19(2,3)10-16(17)23)21-13-6-12(18(24)25)7-14(8-13)26-5-4-20/h6-8,22H,4-5,9-10,20H2,1-3H3,(H,24,25). The van der Waals surface area contributed by atoms with Gasteiger partial charge in [0.2, 0.25) is 0 Å². The third-order valence-electron chi connectivity index (χ3n) is 4.04. The average molecular weight is 360 g/mol. The fraction of sp³-hybridized carbons (Fsp3) is 0.421. The van der Waals surface area contributed by atoms with Gasteiger partial charge in [0.25, 0.3) is 0 Å². The van der Waals surface area contributed by atoms with Gasteiger partial charge in [0.1, 0.15) is 18.1 Å². The van der Waals surface area contributed by atoms with Crippen molar-refractivity contribution >= 4 is 23.2 Å². The maximum atomic E-state index is 12.4. The fourth-order valence-corrected chi connectivity index (χ4v) is 2.98. The van der Waals surface area contributed by atoms with Gasteiger partial charge in [0.05, 0.1) is 22.5 Å². The summed E-state index contributed by atoms with van der Waals surface area (Å²) in [4.78, 5) is 28.1. The van der Waals surface area contributed by atoms with E-state index in [0.717, 1.165) is 0 Å². The van der Waals surface area contributed by atoms with E-state index in [9.17, 15) is 19.8 Å². The van der Waals surface area contributed by atoms with Gasteiger partial charge in [0, 0.05) is 25.5 Å². The lowest BCUT2D eigenvalue weighted by Crippen LogP contribution is -2.28. The predicted octanol–water partition coefficient (Wildman–Crippen LogP) is 3.02. The lowest BCUT2D eigenvalue weighted by atomic mass is 9.76. The van der Waals surface area contributed by atoms with Crippen molar-refractivity contribution in [2.45, 2.75) is 33.6 Å². The number of aromatic carboxylic acids is 1. The molecule has 1 aromatic rings. The molecule has 7 heteroatoms. The zero-order valence-electron chi connectivity index (χ0n) is 15.2. The number of ketones is 1. The number of carboxylic acid groups (broad SMARTS) is 1. The van der Waals surface area contributed by atoms with Crippen LogP contribution in [0.1, 0.15) is 44.0 Å². The second-order valence-corrected chi connectivity index (χ2v) is 7.12. The summed E-state index contributed by atoms with van der Waals surface area (Å²) in [7, 11) is 0. The number of ether oxygens (including phenoxy) is 1. The van der Waals surface area contributed by atoms with E-state index in [0.29, 0.717) is 36.5 Å². The molecule has 0 fully saturated rings. The summed E-state index contributed by atoms with van der Waals surface area (Å²) in [5, 5.41) is 19.5. The maximum absolute atomic E-state index is 12.4. The Balaban J connectivity index is 2.43. The Morgan fingerprint density at radius 3 is 2.58 bits per heavy atom. The normalized spacial score (nSPS) is 17.4. The van der Waals surface area contributed by atoms with Gasteiger partial charge in [-0.1, -0.05) is 13.8 Å². The lowest BCUT2D eigenvalue weighted by molar-refractivity contribution is -0.117. The van der Waals surface area contributed by atoms with Crippen molar-refractivity contribution in [2.75, 3.05) is 13.2 Å². The molecule has 0 atom stereocenters. The van der Waals surface area contributed by atoms with E-state index in [1.54, 1.807) is 13.0 Å². The second kappa shape index (κ2) is 7.70. The quantitative estimate of drug-likeness (QED) is 0.670. The van der Waals surface area contributed by atoms with Crippen LogP contribution in [0.25, 0.3) is 0 Å². The minimum absolute atomic E-state index is 0.0142. The number of hydrogen-bond acceptors (Lipinski definition) is 6. The highest BCUT2D eigenvalue weighted by Crippen LogP contribution is 2.36. The highest BCUT2D eigenvalue weighted by atomic mass is 16.5. The Morgan fingerprint density at radius 1 is 1.31 bits per heavy atom. The van der Waals surface area contributed by atoms with Gasteiger partial charge in [-0.05, 0) is 24.5 Å². The summed E-state index contributed by atoms with van der Waals surface area (Å²) in [6.07, 6.45) is 0.709. The van der Waals surface area contributed by atoms with Gasteiger partial charge in [-0.3, -0.25) is 9.79 Å². The van der Waals surface area contributed by atoms with Crippen LogP contribution in [0.5, 0.6) is 5.75 Å².